The van der Waals surface area contributed by atoms with Crippen molar-refractivity contribution in [1.29, 1.82) is 0 Å². The molecular formula is C15H26N2. The second-order valence-electron chi connectivity index (χ2n) is 5.98. The summed E-state index contributed by atoms with van der Waals surface area (Å²) in [6.45, 7) is 8.62. The van der Waals surface area contributed by atoms with Crippen molar-refractivity contribution < 1.29 is 0 Å². The fraction of sp³-hybridized carbons (Fsp3) is 0.600. The maximum Gasteiger partial charge on any atom is 0.0357 e. The second-order valence-corrected chi connectivity index (χ2v) is 5.98. The highest BCUT2D eigenvalue weighted by molar-refractivity contribution is 5.19. The van der Waals surface area contributed by atoms with Gasteiger partial charge in [0.1, 0.15) is 0 Å². The molecule has 0 saturated carbocycles. The van der Waals surface area contributed by atoms with Crippen molar-refractivity contribution in [2.24, 2.45) is 11.1 Å². The van der Waals surface area contributed by atoms with Crippen LogP contribution in [0.15, 0.2) is 30.3 Å². The van der Waals surface area contributed by atoms with Gasteiger partial charge in [-0.15, -0.1) is 0 Å². The van der Waals surface area contributed by atoms with Crippen LogP contribution in [0.25, 0.3) is 0 Å². The summed E-state index contributed by atoms with van der Waals surface area (Å²) in [6, 6.07) is 11.1. The monoisotopic (exact) mass is 234 g/mol. The predicted octanol–water partition coefficient (Wildman–Crippen LogP) is 3.05. The Morgan fingerprint density at radius 1 is 1.18 bits per heavy atom. The standard InChI is InChI=1S/C15H26N2/c1-15(2,3)12-17(4)14(10-11-16)13-8-6-5-7-9-13/h5-9,14H,10-12,16H2,1-4H3. The van der Waals surface area contributed by atoms with Gasteiger partial charge in [-0.05, 0) is 31.0 Å². The molecule has 96 valence electrons. The molecule has 1 unspecified atom stereocenters. The second kappa shape index (κ2) is 6.18. The van der Waals surface area contributed by atoms with Gasteiger partial charge in [-0.2, -0.15) is 0 Å². The van der Waals surface area contributed by atoms with Crippen LogP contribution in [0.1, 0.15) is 38.8 Å². The zero-order chi connectivity index (χ0) is 12.9. The van der Waals surface area contributed by atoms with Crippen molar-refractivity contribution in [3.8, 4) is 0 Å². The first-order valence-electron chi connectivity index (χ1n) is 6.39. The zero-order valence-electron chi connectivity index (χ0n) is 11.6. The molecule has 0 aliphatic heterocycles. The van der Waals surface area contributed by atoms with Crippen LogP contribution in [0, 0.1) is 5.41 Å². The van der Waals surface area contributed by atoms with E-state index in [1.807, 2.05) is 0 Å². The zero-order valence-corrected chi connectivity index (χ0v) is 11.6. The molecule has 0 radical (unpaired) electrons. The van der Waals surface area contributed by atoms with Crippen LogP contribution in [0.5, 0.6) is 0 Å². The lowest BCUT2D eigenvalue weighted by Gasteiger charge is -2.33. The number of nitrogens with zero attached hydrogens (tertiary/aromatic N) is 1. The molecule has 2 heteroatoms. The lowest BCUT2D eigenvalue weighted by Crippen LogP contribution is -2.33. The van der Waals surface area contributed by atoms with E-state index in [-0.39, 0.29) is 0 Å². The third-order valence-corrected chi connectivity index (χ3v) is 2.88. The van der Waals surface area contributed by atoms with Gasteiger partial charge in [0, 0.05) is 12.6 Å². The summed E-state index contributed by atoms with van der Waals surface area (Å²) in [5.74, 6) is 0. The van der Waals surface area contributed by atoms with E-state index < -0.39 is 0 Å². The van der Waals surface area contributed by atoms with E-state index in [2.05, 4.69) is 63.1 Å². The average Bonchev–Trinajstić information content (AvgIpc) is 2.24. The Morgan fingerprint density at radius 2 is 1.76 bits per heavy atom. The Balaban J connectivity index is 2.79. The molecule has 0 fully saturated rings. The first-order chi connectivity index (χ1) is 7.94. The van der Waals surface area contributed by atoms with E-state index in [1.54, 1.807) is 0 Å². The smallest absolute Gasteiger partial charge is 0.0357 e. The van der Waals surface area contributed by atoms with Crippen LogP contribution >= 0.6 is 0 Å². The number of hydrogen-bond donors (Lipinski definition) is 1. The minimum atomic E-state index is 0.316. The fourth-order valence-corrected chi connectivity index (χ4v) is 2.33. The molecule has 0 saturated heterocycles. The van der Waals surface area contributed by atoms with Crippen LogP contribution in [-0.2, 0) is 0 Å². The molecule has 1 aromatic carbocycles. The van der Waals surface area contributed by atoms with Gasteiger partial charge in [-0.3, -0.25) is 4.90 Å². The van der Waals surface area contributed by atoms with Crippen LogP contribution in [0.3, 0.4) is 0 Å². The summed E-state index contributed by atoms with van der Waals surface area (Å²) in [5.41, 5.74) is 7.42. The number of rotatable bonds is 5. The minimum Gasteiger partial charge on any atom is -0.330 e. The van der Waals surface area contributed by atoms with Gasteiger partial charge in [0.15, 0.2) is 0 Å². The Hall–Kier alpha value is -0.860. The van der Waals surface area contributed by atoms with Crippen LogP contribution in [0.2, 0.25) is 0 Å². The molecule has 1 atom stereocenters. The van der Waals surface area contributed by atoms with Gasteiger partial charge in [-0.25, -0.2) is 0 Å². The van der Waals surface area contributed by atoms with Crippen molar-refractivity contribution in [2.45, 2.75) is 33.2 Å². The predicted molar refractivity (Wildman–Crippen MR) is 74.9 cm³/mol. The van der Waals surface area contributed by atoms with Crippen molar-refractivity contribution in [3.05, 3.63) is 35.9 Å². The molecule has 0 bridgehead atoms. The van der Waals surface area contributed by atoms with Crippen molar-refractivity contribution in [3.63, 3.8) is 0 Å². The largest absolute Gasteiger partial charge is 0.330 e. The summed E-state index contributed by atoms with van der Waals surface area (Å²) < 4.78 is 0. The number of nitrogens with two attached hydrogens (primary N) is 1. The van der Waals surface area contributed by atoms with Gasteiger partial charge >= 0.3 is 0 Å². The topological polar surface area (TPSA) is 29.3 Å². The minimum absolute atomic E-state index is 0.316. The van der Waals surface area contributed by atoms with Gasteiger partial charge in [0.2, 0.25) is 0 Å². The summed E-state index contributed by atoms with van der Waals surface area (Å²) in [6.07, 6.45) is 1.01. The van der Waals surface area contributed by atoms with Crippen molar-refractivity contribution >= 4 is 0 Å². The maximum absolute atomic E-state index is 5.74. The van der Waals surface area contributed by atoms with Gasteiger partial charge in [0.25, 0.3) is 0 Å². The van der Waals surface area contributed by atoms with Crippen molar-refractivity contribution in [1.82, 2.24) is 4.90 Å². The molecule has 1 aromatic rings. The Labute approximate surface area is 106 Å². The summed E-state index contributed by atoms with van der Waals surface area (Å²) in [7, 11) is 2.19. The lowest BCUT2D eigenvalue weighted by atomic mass is 9.93. The molecule has 0 amide bonds. The average molecular weight is 234 g/mol. The number of hydrogen-bond acceptors (Lipinski definition) is 2. The van der Waals surface area contributed by atoms with E-state index >= 15 is 0 Å². The quantitative estimate of drug-likeness (QED) is 0.848. The van der Waals surface area contributed by atoms with Crippen LogP contribution in [0.4, 0.5) is 0 Å². The van der Waals surface area contributed by atoms with E-state index in [0.29, 0.717) is 11.5 Å². The SMILES string of the molecule is CN(CC(C)(C)C)C(CCN)c1ccccc1. The van der Waals surface area contributed by atoms with E-state index in [0.717, 1.165) is 19.5 Å². The molecule has 2 nitrogen and oxygen atoms in total. The molecule has 2 N–H and O–H groups in total. The van der Waals surface area contributed by atoms with E-state index in [9.17, 15) is 0 Å². The highest BCUT2D eigenvalue weighted by Crippen LogP contribution is 2.26. The third-order valence-electron chi connectivity index (χ3n) is 2.88. The summed E-state index contributed by atoms with van der Waals surface area (Å²) in [4.78, 5) is 2.42. The van der Waals surface area contributed by atoms with Crippen molar-refractivity contribution in [2.75, 3.05) is 20.1 Å². The highest BCUT2D eigenvalue weighted by atomic mass is 15.1. The van der Waals surface area contributed by atoms with Crippen LogP contribution < -0.4 is 5.73 Å². The molecule has 0 aliphatic rings. The molecule has 0 aromatic heterocycles. The Bertz CT molecular complexity index is 313. The highest BCUT2D eigenvalue weighted by Gasteiger charge is 2.21. The summed E-state index contributed by atoms with van der Waals surface area (Å²) >= 11 is 0. The normalized spacial score (nSPS) is 14.0. The molecule has 0 spiro atoms. The van der Waals surface area contributed by atoms with Gasteiger partial charge < -0.3 is 5.73 Å². The molecule has 0 aliphatic carbocycles. The lowest BCUT2D eigenvalue weighted by molar-refractivity contribution is 0.166. The summed E-state index contributed by atoms with van der Waals surface area (Å²) in [5, 5.41) is 0. The van der Waals surface area contributed by atoms with Gasteiger partial charge in [-0.1, -0.05) is 51.1 Å². The van der Waals surface area contributed by atoms with Crippen LogP contribution in [-0.4, -0.2) is 25.0 Å². The van der Waals surface area contributed by atoms with E-state index in [4.69, 9.17) is 5.73 Å². The van der Waals surface area contributed by atoms with E-state index in [1.165, 1.54) is 5.56 Å². The molecule has 17 heavy (non-hydrogen) atoms. The maximum atomic E-state index is 5.74. The molecule has 1 rings (SSSR count). The number of benzene rings is 1. The Kier molecular flexibility index (Phi) is 5.16. The molecule has 0 heterocycles. The fourth-order valence-electron chi connectivity index (χ4n) is 2.33. The third kappa shape index (κ3) is 4.88. The first-order valence-corrected chi connectivity index (χ1v) is 6.39. The first kappa shape index (κ1) is 14.2. The Morgan fingerprint density at radius 3 is 2.24 bits per heavy atom. The van der Waals surface area contributed by atoms with Gasteiger partial charge in [0.05, 0.1) is 0 Å². The molecular weight excluding hydrogens is 208 g/mol.